The van der Waals surface area contributed by atoms with Crippen molar-refractivity contribution in [3.8, 4) is 17.2 Å². The molecule has 0 atom stereocenters. The standard InChI is InChI=1S/C18H13F2N3O2S/c19-17(20)24-12-7-5-11(6-8-12)10-26-18-23-22-16(25-18)14-9-21-15-4-2-1-3-13(14)15/h1-9,17,21H,10H2. The minimum atomic E-state index is -2.82. The molecular formula is C18H13F2N3O2S. The summed E-state index contributed by atoms with van der Waals surface area (Å²) >= 11 is 1.38. The zero-order valence-corrected chi connectivity index (χ0v) is 14.2. The third kappa shape index (κ3) is 3.55. The van der Waals surface area contributed by atoms with Crippen molar-refractivity contribution < 1.29 is 17.9 Å². The van der Waals surface area contributed by atoms with Gasteiger partial charge in [-0.3, -0.25) is 0 Å². The predicted molar refractivity (Wildman–Crippen MR) is 94.2 cm³/mol. The summed E-state index contributed by atoms with van der Waals surface area (Å²) in [5.41, 5.74) is 2.79. The maximum Gasteiger partial charge on any atom is 0.387 e. The van der Waals surface area contributed by atoms with Crippen molar-refractivity contribution in [3.05, 3.63) is 60.3 Å². The second-order valence-corrected chi connectivity index (χ2v) is 6.36. The SMILES string of the molecule is FC(F)Oc1ccc(CSc2nnc(-c3c[nH]c4ccccc34)o2)cc1. The molecule has 26 heavy (non-hydrogen) atoms. The maximum absolute atomic E-state index is 12.2. The highest BCUT2D eigenvalue weighted by molar-refractivity contribution is 7.98. The molecule has 2 aromatic heterocycles. The molecule has 2 heterocycles. The Hall–Kier alpha value is -2.87. The first-order valence-electron chi connectivity index (χ1n) is 7.75. The van der Waals surface area contributed by atoms with E-state index in [2.05, 4.69) is 19.9 Å². The van der Waals surface area contributed by atoms with Gasteiger partial charge >= 0.3 is 6.61 Å². The number of para-hydroxylation sites is 1. The fourth-order valence-corrected chi connectivity index (χ4v) is 3.26. The van der Waals surface area contributed by atoms with Crippen molar-refractivity contribution in [3.63, 3.8) is 0 Å². The normalized spacial score (nSPS) is 11.3. The van der Waals surface area contributed by atoms with Crippen LogP contribution < -0.4 is 4.74 Å². The molecule has 132 valence electrons. The molecule has 0 fully saturated rings. The molecule has 0 saturated heterocycles. The Morgan fingerprint density at radius 1 is 1.08 bits per heavy atom. The molecule has 8 heteroatoms. The van der Waals surface area contributed by atoms with E-state index in [4.69, 9.17) is 4.42 Å². The van der Waals surface area contributed by atoms with Crippen LogP contribution in [-0.2, 0) is 5.75 Å². The minimum absolute atomic E-state index is 0.133. The Kier molecular flexibility index (Phi) is 4.57. The molecule has 0 amide bonds. The first kappa shape index (κ1) is 16.6. The lowest BCUT2D eigenvalue weighted by Gasteiger charge is -2.04. The number of ether oxygens (including phenoxy) is 1. The average molecular weight is 373 g/mol. The van der Waals surface area contributed by atoms with Crippen LogP contribution in [0.15, 0.2) is 64.4 Å². The highest BCUT2D eigenvalue weighted by Crippen LogP contribution is 2.30. The van der Waals surface area contributed by atoms with E-state index in [1.807, 2.05) is 30.5 Å². The Morgan fingerprint density at radius 2 is 1.88 bits per heavy atom. The molecule has 0 aliphatic rings. The van der Waals surface area contributed by atoms with Gasteiger partial charge in [-0.2, -0.15) is 8.78 Å². The quantitative estimate of drug-likeness (QED) is 0.476. The number of aromatic nitrogens is 3. The Labute approximate surface area is 151 Å². The molecule has 2 aromatic carbocycles. The highest BCUT2D eigenvalue weighted by atomic mass is 32.2. The van der Waals surface area contributed by atoms with E-state index in [1.54, 1.807) is 12.1 Å². The van der Waals surface area contributed by atoms with Gasteiger partial charge in [-0.1, -0.05) is 42.1 Å². The van der Waals surface area contributed by atoms with Gasteiger partial charge in [0, 0.05) is 22.9 Å². The Balaban J connectivity index is 1.44. The van der Waals surface area contributed by atoms with E-state index in [9.17, 15) is 8.78 Å². The molecule has 0 spiro atoms. The van der Waals surface area contributed by atoms with Crippen LogP contribution in [0, 0.1) is 0 Å². The fraction of sp³-hybridized carbons (Fsp3) is 0.111. The number of halogens is 2. The Morgan fingerprint density at radius 3 is 2.69 bits per heavy atom. The number of fused-ring (bicyclic) bond motifs is 1. The van der Waals surface area contributed by atoms with Crippen molar-refractivity contribution in [1.29, 1.82) is 0 Å². The zero-order chi connectivity index (χ0) is 17.9. The van der Waals surface area contributed by atoms with E-state index >= 15 is 0 Å². The molecule has 0 bridgehead atoms. The number of rotatable bonds is 6. The summed E-state index contributed by atoms with van der Waals surface area (Å²) in [6, 6.07) is 14.3. The molecule has 0 aliphatic carbocycles. The predicted octanol–water partition coefficient (Wildman–Crippen LogP) is 5.11. The first-order valence-corrected chi connectivity index (χ1v) is 8.74. The zero-order valence-electron chi connectivity index (χ0n) is 13.4. The van der Waals surface area contributed by atoms with Gasteiger partial charge in [-0.15, -0.1) is 10.2 Å². The van der Waals surface area contributed by atoms with Crippen molar-refractivity contribution in [1.82, 2.24) is 15.2 Å². The van der Waals surface area contributed by atoms with Gasteiger partial charge in [0.05, 0.1) is 5.56 Å². The summed E-state index contributed by atoms with van der Waals surface area (Å²) in [6.07, 6.45) is 1.84. The summed E-state index contributed by atoms with van der Waals surface area (Å²) in [5, 5.41) is 9.63. The van der Waals surface area contributed by atoms with Gasteiger partial charge in [0.15, 0.2) is 0 Å². The third-order valence-corrected chi connectivity index (χ3v) is 4.63. The summed E-state index contributed by atoms with van der Waals surface area (Å²) < 4.78 is 34.4. The lowest BCUT2D eigenvalue weighted by Crippen LogP contribution is -2.01. The van der Waals surface area contributed by atoms with Gasteiger partial charge in [0.2, 0.25) is 0 Å². The van der Waals surface area contributed by atoms with Crippen LogP contribution in [0.3, 0.4) is 0 Å². The van der Waals surface area contributed by atoms with Crippen LogP contribution in [0.25, 0.3) is 22.4 Å². The van der Waals surface area contributed by atoms with Gasteiger partial charge in [-0.05, 0) is 23.8 Å². The van der Waals surface area contributed by atoms with Crippen molar-refractivity contribution in [2.45, 2.75) is 17.6 Å². The first-order chi connectivity index (χ1) is 12.7. The molecule has 0 radical (unpaired) electrons. The van der Waals surface area contributed by atoms with Crippen LogP contribution >= 0.6 is 11.8 Å². The molecule has 0 saturated carbocycles. The van der Waals surface area contributed by atoms with Crippen LogP contribution in [0.1, 0.15) is 5.56 Å². The van der Waals surface area contributed by atoms with E-state index < -0.39 is 6.61 Å². The number of nitrogens with one attached hydrogen (secondary N) is 1. The average Bonchev–Trinajstić information content (AvgIpc) is 3.27. The van der Waals surface area contributed by atoms with E-state index in [-0.39, 0.29) is 5.75 Å². The van der Waals surface area contributed by atoms with Gasteiger partial charge in [-0.25, -0.2) is 0 Å². The second kappa shape index (κ2) is 7.17. The van der Waals surface area contributed by atoms with Crippen LogP contribution in [-0.4, -0.2) is 21.8 Å². The minimum Gasteiger partial charge on any atom is -0.435 e. The van der Waals surface area contributed by atoms with Crippen LogP contribution in [0.4, 0.5) is 8.78 Å². The fourth-order valence-electron chi connectivity index (χ4n) is 2.54. The van der Waals surface area contributed by atoms with E-state index in [0.29, 0.717) is 16.9 Å². The number of alkyl halides is 2. The number of aromatic amines is 1. The van der Waals surface area contributed by atoms with Gasteiger partial charge in [0.25, 0.3) is 11.1 Å². The molecule has 1 N–H and O–H groups in total. The van der Waals surface area contributed by atoms with Crippen LogP contribution in [0.5, 0.6) is 5.75 Å². The molecule has 5 nitrogen and oxygen atoms in total. The van der Waals surface area contributed by atoms with E-state index in [1.165, 1.54) is 23.9 Å². The number of benzene rings is 2. The molecule has 4 aromatic rings. The van der Waals surface area contributed by atoms with Crippen LogP contribution in [0.2, 0.25) is 0 Å². The molecule has 0 aliphatic heterocycles. The van der Waals surface area contributed by atoms with E-state index in [0.717, 1.165) is 22.0 Å². The Bertz CT molecular complexity index is 1010. The highest BCUT2D eigenvalue weighted by Gasteiger charge is 2.13. The monoisotopic (exact) mass is 373 g/mol. The smallest absolute Gasteiger partial charge is 0.387 e. The summed E-state index contributed by atoms with van der Waals surface area (Å²) in [6.45, 7) is -2.82. The largest absolute Gasteiger partial charge is 0.435 e. The molecule has 0 unspecified atom stereocenters. The number of nitrogens with zero attached hydrogens (tertiary/aromatic N) is 2. The van der Waals surface area contributed by atoms with Gasteiger partial charge in [0.1, 0.15) is 5.75 Å². The van der Waals surface area contributed by atoms with Crippen molar-refractivity contribution in [2.24, 2.45) is 0 Å². The topological polar surface area (TPSA) is 63.9 Å². The number of thioether (sulfide) groups is 1. The molecular weight excluding hydrogens is 360 g/mol. The summed E-state index contributed by atoms with van der Waals surface area (Å²) in [7, 11) is 0. The number of hydrogen-bond donors (Lipinski definition) is 1. The number of H-pyrrole nitrogens is 1. The maximum atomic E-state index is 12.2. The molecule has 4 rings (SSSR count). The van der Waals surface area contributed by atoms with Crippen molar-refractivity contribution >= 4 is 22.7 Å². The summed E-state index contributed by atoms with van der Waals surface area (Å²) in [5.74, 6) is 1.16. The van der Waals surface area contributed by atoms with Crippen molar-refractivity contribution in [2.75, 3.05) is 0 Å². The summed E-state index contributed by atoms with van der Waals surface area (Å²) in [4.78, 5) is 3.17. The van der Waals surface area contributed by atoms with Gasteiger partial charge < -0.3 is 14.1 Å². The lowest BCUT2D eigenvalue weighted by atomic mass is 10.2. The number of hydrogen-bond acceptors (Lipinski definition) is 5. The lowest BCUT2D eigenvalue weighted by molar-refractivity contribution is -0.0498. The second-order valence-electron chi connectivity index (χ2n) is 5.43. The third-order valence-electron chi connectivity index (χ3n) is 3.74.